The molecule has 0 aliphatic heterocycles. The highest BCUT2D eigenvalue weighted by molar-refractivity contribution is 9.10. The Morgan fingerprint density at radius 3 is 2.89 bits per heavy atom. The average molecular weight is 308 g/mol. The van der Waals surface area contributed by atoms with Crippen LogP contribution in [0.15, 0.2) is 22.7 Å². The SMILES string of the molecule is CCC1(CNC2CCc3cc(Br)ccc32)CCC1. The number of benzene rings is 1. The standard InChI is InChI=1S/C16H22BrN/c1-2-16(8-3-9-16)11-18-15-7-4-12-10-13(17)5-6-14(12)15/h5-6,10,15,18H,2-4,7-9,11H2,1H3. The average Bonchev–Trinajstić information content (AvgIpc) is 2.71. The van der Waals surface area contributed by atoms with Gasteiger partial charge < -0.3 is 5.32 Å². The van der Waals surface area contributed by atoms with Crippen LogP contribution in [0.25, 0.3) is 0 Å². The second-order valence-corrected chi connectivity index (χ2v) is 6.94. The van der Waals surface area contributed by atoms with E-state index in [-0.39, 0.29) is 0 Å². The molecule has 0 radical (unpaired) electrons. The van der Waals surface area contributed by atoms with Crippen molar-refractivity contribution in [1.82, 2.24) is 5.32 Å². The van der Waals surface area contributed by atoms with Crippen LogP contribution in [0.1, 0.15) is 56.2 Å². The molecule has 1 nitrogen and oxygen atoms in total. The van der Waals surface area contributed by atoms with Gasteiger partial charge in [0.2, 0.25) is 0 Å². The molecule has 2 heteroatoms. The molecule has 1 saturated carbocycles. The van der Waals surface area contributed by atoms with Gasteiger partial charge in [-0.15, -0.1) is 0 Å². The Bertz CT molecular complexity index is 431. The third kappa shape index (κ3) is 2.25. The molecule has 0 bridgehead atoms. The van der Waals surface area contributed by atoms with Gasteiger partial charge in [-0.2, -0.15) is 0 Å². The first-order valence-corrected chi connectivity index (χ1v) is 8.03. The van der Waals surface area contributed by atoms with Crippen LogP contribution >= 0.6 is 15.9 Å². The van der Waals surface area contributed by atoms with Crippen LogP contribution < -0.4 is 5.32 Å². The second-order valence-electron chi connectivity index (χ2n) is 6.02. The van der Waals surface area contributed by atoms with Gasteiger partial charge in [0.1, 0.15) is 0 Å². The predicted octanol–water partition coefficient (Wildman–Crippen LogP) is 4.61. The van der Waals surface area contributed by atoms with E-state index in [0.717, 1.165) is 0 Å². The maximum Gasteiger partial charge on any atom is 0.0326 e. The molecule has 0 amide bonds. The Kier molecular flexibility index (Phi) is 3.50. The quantitative estimate of drug-likeness (QED) is 0.856. The number of hydrogen-bond donors (Lipinski definition) is 1. The van der Waals surface area contributed by atoms with E-state index in [2.05, 4.69) is 46.4 Å². The second kappa shape index (κ2) is 4.97. The van der Waals surface area contributed by atoms with Gasteiger partial charge in [0.15, 0.2) is 0 Å². The number of halogens is 1. The van der Waals surface area contributed by atoms with E-state index in [9.17, 15) is 0 Å². The molecule has 3 rings (SSSR count). The maximum absolute atomic E-state index is 3.84. The molecule has 0 spiro atoms. The number of hydrogen-bond acceptors (Lipinski definition) is 1. The van der Waals surface area contributed by atoms with Gasteiger partial charge in [0, 0.05) is 17.1 Å². The van der Waals surface area contributed by atoms with Crippen LogP contribution in [0.3, 0.4) is 0 Å². The van der Waals surface area contributed by atoms with E-state index in [0.29, 0.717) is 11.5 Å². The van der Waals surface area contributed by atoms with Crippen molar-refractivity contribution in [2.45, 2.75) is 51.5 Å². The molecule has 18 heavy (non-hydrogen) atoms. The molecular weight excluding hydrogens is 286 g/mol. The Balaban J connectivity index is 1.66. The molecule has 1 aromatic carbocycles. The Morgan fingerprint density at radius 1 is 1.39 bits per heavy atom. The van der Waals surface area contributed by atoms with Crippen molar-refractivity contribution in [3.8, 4) is 0 Å². The molecule has 1 N–H and O–H groups in total. The van der Waals surface area contributed by atoms with Gasteiger partial charge >= 0.3 is 0 Å². The largest absolute Gasteiger partial charge is 0.309 e. The highest BCUT2D eigenvalue weighted by Gasteiger charge is 2.35. The Morgan fingerprint density at radius 2 is 2.22 bits per heavy atom. The molecule has 1 unspecified atom stereocenters. The monoisotopic (exact) mass is 307 g/mol. The van der Waals surface area contributed by atoms with Gasteiger partial charge in [0.05, 0.1) is 0 Å². The zero-order chi connectivity index (χ0) is 12.6. The van der Waals surface area contributed by atoms with Crippen molar-refractivity contribution in [3.05, 3.63) is 33.8 Å². The smallest absolute Gasteiger partial charge is 0.0326 e. The predicted molar refractivity (Wildman–Crippen MR) is 79.8 cm³/mol. The molecule has 1 atom stereocenters. The van der Waals surface area contributed by atoms with Crippen LogP contribution in [0.2, 0.25) is 0 Å². The van der Waals surface area contributed by atoms with E-state index < -0.39 is 0 Å². The summed E-state index contributed by atoms with van der Waals surface area (Å²) in [7, 11) is 0. The normalized spacial score (nSPS) is 24.7. The zero-order valence-electron chi connectivity index (χ0n) is 11.1. The fourth-order valence-corrected chi connectivity index (χ4v) is 3.88. The third-order valence-electron chi connectivity index (χ3n) is 5.07. The molecule has 0 saturated heterocycles. The summed E-state index contributed by atoms with van der Waals surface area (Å²) in [4.78, 5) is 0. The minimum atomic E-state index is 0.595. The lowest BCUT2D eigenvalue weighted by Gasteiger charge is -2.42. The van der Waals surface area contributed by atoms with Gasteiger partial charge in [-0.3, -0.25) is 0 Å². The zero-order valence-corrected chi connectivity index (χ0v) is 12.7. The summed E-state index contributed by atoms with van der Waals surface area (Å²) in [5, 5.41) is 3.84. The van der Waals surface area contributed by atoms with E-state index in [1.165, 1.54) is 60.7 Å². The van der Waals surface area contributed by atoms with Crippen molar-refractivity contribution >= 4 is 15.9 Å². The fourth-order valence-electron chi connectivity index (χ4n) is 3.47. The molecule has 2 aliphatic rings. The lowest BCUT2D eigenvalue weighted by molar-refractivity contribution is 0.119. The van der Waals surface area contributed by atoms with E-state index in [1.54, 1.807) is 0 Å². The Labute approximate surface area is 118 Å². The summed E-state index contributed by atoms with van der Waals surface area (Å²) < 4.78 is 1.21. The number of fused-ring (bicyclic) bond motifs is 1. The van der Waals surface area contributed by atoms with Crippen LogP contribution in [-0.4, -0.2) is 6.54 Å². The molecule has 2 aliphatic carbocycles. The summed E-state index contributed by atoms with van der Waals surface area (Å²) >= 11 is 3.57. The minimum Gasteiger partial charge on any atom is -0.309 e. The number of nitrogens with one attached hydrogen (secondary N) is 1. The molecule has 0 heterocycles. The number of aryl methyl sites for hydroxylation is 1. The molecule has 1 fully saturated rings. The van der Waals surface area contributed by atoms with Crippen LogP contribution in [0.5, 0.6) is 0 Å². The maximum atomic E-state index is 3.84. The summed E-state index contributed by atoms with van der Waals surface area (Å²) in [6.45, 7) is 3.56. The van der Waals surface area contributed by atoms with Gasteiger partial charge in [-0.25, -0.2) is 0 Å². The van der Waals surface area contributed by atoms with Crippen molar-refractivity contribution in [1.29, 1.82) is 0 Å². The summed E-state index contributed by atoms with van der Waals surface area (Å²) in [5.74, 6) is 0. The van der Waals surface area contributed by atoms with Crippen molar-refractivity contribution < 1.29 is 0 Å². The molecule has 1 aromatic rings. The Hall–Kier alpha value is -0.340. The molecule has 0 aromatic heterocycles. The summed E-state index contributed by atoms with van der Waals surface area (Å²) in [5.41, 5.74) is 3.68. The van der Waals surface area contributed by atoms with Crippen LogP contribution in [0.4, 0.5) is 0 Å². The van der Waals surface area contributed by atoms with Crippen molar-refractivity contribution in [2.24, 2.45) is 5.41 Å². The first-order chi connectivity index (χ1) is 8.72. The molecular formula is C16H22BrN. The van der Waals surface area contributed by atoms with Crippen molar-refractivity contribution in [2.75, 3.05) is 6.54 Å². The van der Waals surface area contributed by atoms with Crippen LogP contribution in [-0.2, 0) is 6.42 Å². The first-order valence-electron chi connectivity index (χ1n) is 7.24. The third-order valence-corrected chi connectivity index (χ3v) is 5.56. The highest BCUT2D eigenvalue weighted by atomic mass is 79.9. The summed E-state index contributed by atoms with van der Waals surface area (Å²) in [6, 6.07) is 7.36. The minimum absolute atomic E-state index is 0.595. The molecule has 98 valence electrons. The van der Waals surface area contributed by atoms with E-state index in [4.69, 9.17) is 0 Å². The lowest BCUT2D eigenvalue weighted by atomic mass is 9.67. The van der Waals surface area contributed by atoms with E-state index in [1.807, 2.05) is 0 Å². The number of rotatable bonds is 4. The first kappa shape index (κ1) is 12.7. The van der Waals surface area contributed by atoms with E-state index >= 15 is 0 Å². The van der Waals surface area contributed by atoms with Crippen LogP contribution in [0, 0.1) is 5.41 Å². The van der Waals surface area contributed by atoms with Crippen molar-refractivity contribution in [3.63, 3.8) is 0 Å². The van der Waals surface area contributed by atoms with Gasteiger partial charge in [-0.05, 0) is 60.8 Å². The fraction of sp³-hybridized carbons (Fsp3) is 0.625. The highest BCUT2D eigenvalue weighted by Crippen LogP contribution is 2.44. The van der Waals surface area contributed by atoms with Gasteiger partial charge in [-0.1, -0.05) is 35.3 Å². The topological polar surface area (TPSA) is 12.0 Å². The van der Waals surface area contributed by atoms with Gasteiger partial charge in [0.25, 0.3) is 0 Å². The summed E-state index contributed by atoms with van der Waals surface area (Å²) in [6.07, 6.45) is 8.12. The lowest BCUT2D eigenvalue weighted by Crippen LogP contribution is -2.40.